The van der Waals surface area contributed by atoms with Crippen LogP contribution in [-0.4, -0.2) is 16.2 Å². The van der Waals surface area contributed by atoms with Gasteiger partial charge in [-0.25, -0.2) is 0 Å². The fourth-order valence-electron chi connectivity index (χ4n) is 2.38. The van der Waals surface area contributed by atoms with E-state index in [0.717, 1.165) is 5.69 Å². The summed E-state index contributed by atoms with van der Waals surface area (Å²) in [5, 5.41) is 20.8. The van der Waals surface area contributed by atoms with Gasteiger partial charge in [0.25, 0.3) is 11.6 Å². The van der Waals surface area contributed by atoms with Gasteiger partial charge >= 0.3 is 0 Å². The predicted octanol–water partition coefficient (Wildman–Crippen LogP) is 4.62. The second kappa shape index (κ2) is 6.37. The average Bonchev–Trinajstić information content (AvgIpc) is 2.88. The van der Waals surface area contributed by atoms with E-state index in [4.69, 9.17) is 4.42 Å². The molecule has 0 atom stereocenters. The molecule has 1 N–H and O–H groups in total. The van der Waals surface area contributed by atoms with E-state index in [1.807, 2.05) is 30.3 Å². The molecule has 0 radical (unpaired) electrons. The maximum atomic E-state index is 10.7. The molecule has 0 amide bonds. The summed E-state index contributed by atoms with van der Waals surface area (Å²) >= 11 is 0. The lowest BCUT2D eigenvalue weighted by molar-refractivity contribution is -0.384. The van der Waals surface area contributed by atoms with Gasteiger partial charge in [-0.15, -0.1) is 0 Å². The summed E-state index contributed by atoms with van der Waals surface area (Å²) < 4.78 is 5.37. The van der Waals surface area contributed by atoms with Gasteiger partial charge in [-0.05, 0) is 36.8 Å². The van der Waals surface area contributed by atoms with Gasteiger partial charge < -0.3 is 9.52 Å². The van der Waals surface area contributed by atoms with Gasteiger partial charge in [0.15, 0.2) is 5.76 Å². The molecule has 6 heteroatoms. The largest absolute Gasteiger partial charge is 0.480 e. The summed E-state index contributed by atoms with van der Waals surface area (Å²) in [5.74, 6) is 0.195. The van der Waals surface area contributed by atoms with Gasteiger partial charge in [-0.2, -0.15) is 0 Å². The number of furan rings is 1. The standard InChI is InChI=1S/C18H14N2O4/c1-12-16(11-19-14-5-3-2-4-6-14)24-18(21)17(12)13-7-9-15(10-8-13)20(22)23/h2-11,21H,1H3. The molecule has 6 nitrogen and oxygen atoms in total. The van der Waals surface area contributed by atoms with Gasteiger partial charge in [0.05, 0.1) is 22.4 Å². The van der Waals surface area contributed by atoms with Crippen molar-refractivity contribution >= 4 is 17.6 Å². The van der Waals surface area contributed by atoms with Crippen LogP contribution in [-0.2, 0) is 0 Å². The zero-order valence-corrected chi connectivity index (χ0v) is 12.8. The van der Waals surface area contributed by atoms with E-state index < -0.39 is 4.92 Å². The highest BCUT2D eigenvalue weighted by Crippen LogP contribution is 2.37. The van der Waals surface area contributed by atoms with Crippen molar-refractivity contribution in [3.8, 4) is 17.1 Å². The Balaban J connectivity index is 1.94. The lowest BCUT2D eigenvalue weighted by atomic mass is 10.0. The third-order valence-corrected chi connectivity index (χ3v) is 3.62. The number of nitro benzene ring substituents is 1. The highest BCUT2D eigenvalue weighted by atomic mass is 16.6. The number of rotatable bonds is 4. The fourth-order valence-corrected chi connectivity index (χ4v) is 2.38. The van der Waals surface area contributed by atoms with Crippen molar-refractivity contribution in [2.45, 2.75) is 6.92 Å². The lowest BCUT2D eigenvalue weighted by Crippen LogP contribution is -1.88. The number of non-ortho nitro benzene ring substituents is 1. The predicted molar refractivity (Wildman–Crippen MR) is 90.9 cm³/mol. The molecule has 2 aromatic carbocycles. The Bertz CT molecular complexity index is 897. The first kappa shape index (κ1) is 15.5. The van der Waals surface area contributed by atoms with E-state index in [-0.39, 0.29) is 11.6 Å². The first-order chi connectivity index (χ1) is 11.6. The van der Waals surface area contributed by atoms with Crippen LogP contribution < -0.4 is 0 Å². The molecule has 0 fully saturated rings. The molecule has 1 aromatic heterocycles. The zero-order valence-electron chi connectivity index (χ0n) is 12.8. The van der Waals surface area contributed by atoms with Crippen molar-refractivity contribution in [1.82, 2.24) is 0 Å². The van der Waals surface area contributed by atoms with Gasteiger partial charge in [-0.1, -0.05) is 18.2 Å². The van der Waals surface area contributed by atoms with Gasteiger partial charge in [0.2, 0.25) is 0 Å². The first-order valence-electron chi connectivity index (χ1n) is 7.22. The fraction of sp³-hybridized carbons (Fsp3) is 0.0556. The molecule has 0 aliphatic heterocycles. The maximum Gasteiger partial charge on any atom is 0.290 e. The monoisotopic (exact) mass is 322 g/mol. The van der Waals surface area contributed by atoms with Crippen molar-refractivity contribution in [1.29, 1.82) is 0 Å². The van der Waals surface area contributed by atoms with Crippen molar-refractivity contribution < 1.29 is 14.4 Å². The number of nitrogens with zero attached hydrogens (tertiary/aromatic N) is 2. The minimum atomic E-state index is -0.468. The summed E-state index contributed by atoms with van der Waals surface area (Å²) in [6.07, 6.45) is 1.54. The molecule has 0 saturated heterocycles. The Morgan fingerprint density at radius 1 is 1.12 bits per heavy atom. The van der Waals surface area contributed by atoms with Crippen LogP contribution in [0.1, 0.15) is 11.3 Å². The van der Waals surface area contributed by atoms with Crippen molar-refractivity contribution in [2.24, 2.45) is 4.99 Å². The van der Waals surface area contributed by atoms with Gasteiger partial charge in [-0.3, -0.25) is 15.1 Å². The Kier molecular flexibility index (Phi) is 4.11. The van der Waals surface area contributed by atoms with Crippen LogP contribution in [0.25, 0.3) is 11.1 Å². The highest BCUT2D eigenvalue weighted by molar-refractivity contribution is 5.86. The van der Waals surface area contributed by atoms with Crippen molar-refractivity contribution in [3.05, 3.63) is 76.0 Å². The Morgan fingerprint density at radius 2 is 1.79 bits per heavy atom. The third kappa shape index (κ3) is 3.03. The molecular formula is C18H14N2O4. The van der Waals surface area contributed by atoms with E-state index in [1.165, 1.54) is 12.1 Å². The molecule has 120 valence electrons. The summed E-state index contributed by atoms with van der Waals surface area (Å²) in [7, 11) is 0. The zero-order chi connectivity index (χ0) is 17.1. The van der Waals surface area contributed by atoms with Crippen LogP contribution in [0.15, 0.2) is 64.0 Å². The number of nitro groups is 1. The lowest BCUT2D eigenvalue weighted by Gasteiger charge is -2.00. The minimum absolute atomic E-state index is 0.00903. The molecule has 0 saturated carbocycles. The van der Waals surface area contributed by atoms with E-state index in [2.05, 4.69) is 4.99 Å². The summed E-state index contributed by atoms with van der Waals surface area (Å²) in [5.41, 5.74) is 2.61. The summed E-state index contributed by atoms with van der Waals surface area (Å²) in [4.78, 5) is 14.6. The number of hydrogen-bond donors (Lipinski definition) is 1. The van der Waals surface area contributed by atoms with Gasteiger partial charge in [0, 0.05) is 17.7 Å². The highest BCUT2D eigenvalue weighted by Gasteiger charge is 2.18. The number of para-hydroxylation sites is 1. The topological polar surface area (TPSA) is 88.9 Å². The number of aromatic hydroxyl groups is 1. The van der Waals surface area contributed by atoms with Crippen LogP contribution in [0.5, 0.6) is 5.95 Å². The Hall–Kier alpha value is -3.41. The molecule has 3 aromatic rings. The smallest absolute Gasteiger partial charge is 0.290 e. The molecule has 0 aliphatic carbocycles. The molecule has 0 spiro atoms. The molecule has 0 unspecified atom stereocenters. The Morgan fingerprint density at radius 3 is 2.42 bits per heavy atom. The van der Waals surface area contributed by atoms with Crippen LogP contribution in [0.4, 0.5) is 11.4 Å². The number of aliphatic imine (C=N–C) groups is 1. The molecular weight excluding hydrogens is 308 g/mol. The molecule has 0 aliphatic rings. The molecule has 0 bridgehead atoms. The maximum absolute atomic E-state index is 10.7. The quantitative estimate of drug-likeness (QED) is 0.431. The summed E-state index contributed by atoms with van der Waals surface area (Å²) in [6.45, 7) is 1.80. The van der Waals surface area contributed by atoms with E-state index in [9.17, 15) is 15.2 Å². The van der Waals surface area contributed by atoms with Crippen LogP contribution in [0, 0.1) is 17.0 Å². The average molecular weight is 322 g/mol. The molecule has 1 heterocycles. The third-order valence-electron chi connectivity index (χ3n) is 3.62. The first-order valence-corrected chi connectivity index (χ1v) is 7.22. The van der Waals surface area contributed by atoms with Crippen LogP contribution >= 0.6 is 0 Å². The van der Waals surface area contributed by atoms with Crippen LogP contribution in [0.2, 0.25) is 0 Å². The van der Waals surface area contributed by atoms with Crippen LogP contribution in [0.3, 0.4) is 0 Å². The van der Waals surface area contributed by atoms with E-state index >= 15 is 0 Å². The normalized spacial score (nSPS) is 11.0. The molecule has 3 rings (SSSR count). The van der Waals surface area contributed by atoms with E-state index in [1.54, 1.807) is 25.3 Å². The second-order valence-corrected chi connectivity index (χ2v) is 5.17. The second-order valence-electron chi connectivity index (χ2n) is 5.17. The van der Waals surface area contributed by atoms with Gasteiger partial charge in [0.1, 0.15) is 0 Å². The minimum Gasteiger partial charge on any atom is -0.480 e. The Labute approximate surface area is 137 Å². The van der Waals surface area contributed by atoms with Crippen molar-refractivity contribution in [2.75, 3.05) is 0 Å². The number of hydrogen-bond acceptors (Lipinski definition) is 5. The SMILES string of the molecule is Cc1c(C=Nc2ccccc2)oc(O)c1-c1ccc([N+](=O)[O-])cc1. The van der Waals surface area contributed by atoms with E-state index in [0.29, 0.717) is 22.5 Å². The van der Waals surface area contributed by atoms with Crippen molar-refractivity contribution in [3.63, 3.8) is 0 Å². The molecule has 24 heavy (non-hydrogen) atoms. The number of benzene rings is 2. The summed E-state index contributed by atoms with van der Waals surface area (Å²) in [6, 6.07) is 15.3.